The summed E-state index contributed by atoms with van der Waals surface area (Å²) in [6.45, 7) is 0.283. The SMILES string of the molecule is NCc1cccc(C(=O)NC(CCC(N)=O)C(=O)O)c1. The molecule has 1 rings (SSSR count). The van der Waals surface area contributed by atoms with E-state index in [1.54, 1.807) is 24.3 Å². The molecule has 0 heterocycles. The first-order chi connectivity index (χ1) is 9.43. The largest absolute Gasteiger partial charge is 0.480 e. The standard InChI is InChI=1S/C13H17N3O4/c14-7-8-2-1-3-9(6-8)12(18)16-10(13(19)20)4-5-11(15)17/h1-3,6,10H,4-5,7,14H2,(H2,15,17)(H,16,18)(H,19,20). The Hall–Kier alpha value is -2.41. The molecule has 0 saturated heterocycles. The van der Waals surface area contributed by atoms with Gasteiger partial charge in [0.1, 0.15) is 6.04 Å². The zero-order chi connectivity index (χ0) is 15.1. The van der Waals surface area contributed by atoms with Crippen molar-refractivity contribution in [3.8, 4) is 0 Å². The van der Waals surface area contributed by atoms with Gasteiger partial charge in [0, 0.05) is 18.5 Å². The number of nitrogens with two attached hydrogens (primary N) is 2. The highest BCUT2D eigenvalue weighted by Crippen LogP contribution is 2.06. The van der Waals surface area contributed by atoms with Crippen LogP contribution < -0.4 is 16.8 Å². The van der Waals surface area contributed by atoms with Crippen molar-refractivity contribution in [3.05, 3.63) is 35.4 Å². The summed E-state index contributed by atoms with van der Waals surface area (Å²) in [7, 11) is 0. The zero-order valence-electron chi connectivity index (χ0n) is 10.8. The molecule has 20 heavy (non-hydrogen) atoms. The smallest absolute Gasteiger partial charge is 0.326 e. The number of primary amides is 1. The van der Waals surface area contributed by atoms with Gasteiger partial charge in [-0.3, -0.25) is 9.59 Å². The van der Waals surface area contributed by atoms with Crippen LogP contribution >= 0.6 is 0 Å². The lowest BCUT2D eigenvalue weighted by molar-refractivity contribution is -0.139. The average molecular weight is 279 g/mol. The van der Waals surface area contributed by atoms with Crippen molar-refractivity contribution in [2.24, 2.45) is 11.5 Å². The van der Waals surface area contributed by atoms with Gasteiger partial charge in [-0.15, -0.1) is 0 Å². The summed E-state index contributed by atoms with van der Waals surface area (Å²) in [5.41, 5.74) is 11.5. The van der Waals surface area contributed by atoms with Crippen LogP contribution in [0, 0.1) is 0 Å². The van der Waals surface area contributed by atoms with E-state index < -0.39 is 23.8 Å². The summed E-state index contributed by atoms with van der Waals surface area (Å²) < 4.78 is 0. The van der Waals surface area contributed by atoms with E-state index in [-0.39, 0.29) is 19.4 Å². The number of carbonyl (C=O) groups excluding carboxylic acids is 2. The predicted molar refractivity (Wildman–Crippen MR) is 71.7 cm³/mol. The second-order valence-corrected chi connectivity index (χ2v) is 4.27. The van der Waals surface area contributed by atoms with Crippen LogP contribution in [0.2, 0.25) is 0 Å². The Morgan fingerprint density at radius 2 is 2.00 bits per heavy atom. The Kier molecular flexibility index (Phi) is 5.67. The van der Waals surface area contributed by atoms with Gasteiger partial charge in [0.15, 0.2) is 0 Å². The van der Waals surface area contributed by atoms with Crippen LogP contribution in [0.1, 0.15) is 28.8 Å². The second-order valence-electron chi connectivity index (χ2n) is 4.27. The normalized spacial score (nSPS) is 11.7. The van der Waals surface area contributed by atoms with Crippen molar-refractivity contribution in [3.63, 3.8) is 0 Å². The Balaban J connectivity index is 2.74. The third-order valence-electron chi connectivity index (χ3n) is 2.71. The molecule has 108 valence electrons. The molecule has 0 aromatic heterocycles. The maximum atomic E-state index is 11.9. The molecule has 1 unspecified atom stereocenters. The molecule has 0 aliphatic carbocycles. The van der Waals surface area contributed by atoms with E-state index >= 15 is 0 Å². The summed E-state index contributed by atoms with van der Waals surface area (Å²) in [6.07, 6.45) is -0.160. The summed E-state index contributed by atoms with van der Waals surface area (Å²) in [4.78, 5) is 33.6. The highest BCUT2D eigenvalue weighted by molar-refractivity contribution is 5.96. The molecule has 0 bridgehead atoms. The van der Waals surface area contributed by atoms with E-state index in [9.17, 15) is 14.4 Å². The van der Waals surface area contributed by atoms with Gasteiger partial charge >= 0.3 is 5.97 Å². The number of carbonyl (C=O) groups is 3. The Morgan fingerprint density at radius 1 is 1.30 bits per heavy atom. The van der Waals surface area contributed by atoms with Gasteiger partial charge in [0.2, 0.25) is 5.91 Å². The maximum absolute atomic E-state index is 11.9. The minimum absolute atomic E-state index is 0.0486. The van der Waals surface area contributed by atoms with E-state index in [4.69, 9.17) is 16.6 Å². The number of carboxylic acids is 1. The fraction of sp³-hybridized carbons (Fsp3) is 0.308. The molecule has 0 radical (unpaired) electrons. The zero-order valence-corrected chi connectivity index (χ0v) is 10.8. The first kappa shape index (κ1) is 15.6. The first-order valence-corrected chi connectivity index (χ1v) is 6.05. The lowest BCUT2D eigenvalue weighted by atomic mass is 10.1. The lowest BCUT2D eigenvalue weighted by Gasteiger charge is -2.14. The maximum Gasteiger partial charge on any atom is 0.326 e. The number of rotatable bonds is 7. The monoisotopic (exact) mass is 279 g/mol. The van der Waals surface area contributed by atoms with Gasteiger partial charge in [-0.25, -0.2) is 4.79 Å². The molecule has 0 aliphatic heterocycles. The topological polar surface area (TPSA) is 136 Å². The number of amides is 2. The summed E-state index contributed by atoms with van der Waals surface area (Å²) in [6, 6.07) is 5.41. The fourth-order valence-electron chi connectivity index (χ4n) is 1.63. The number of hydrogen-bond donors (Lipinski definition) is 4. The number of carboxylic acid groups (broad SMARTS) is 1. The van der Waals surface area contributed by atoms with Gasteiger partial charge in [-0.1, -0.05) is 12.1 Å². The number of benzene rings is 1. The van der Waals surface area contributed by atoms with Crippen LogP contribution in [0.25, 0.3) is 0 Å². The molecular weight excluding hydrogens is 262 g/mol. The third-order valence-corrected chi connectivity index (χ3v) is 2.71. The highest BCUT2D eigenvalue weighted by atomic mass is 16.4. The second kappa shape index (κ2) is 7.25. The summed E-state index contributed by atoms with van der Waals surface area (Å²) in [5, 5.41) is 11.3. The lowest BCUT2D eigenvalue weighted by Crippen LogP contribution is -2.41. The Morgan fingerprint density at radius 3 is 2.55 bits per heavy atom. The molecule has 2 amide bonds. The van der Waals surface area contributed by atoms with Crippen molar-refractivity contribution in [1.29, 1.82) is 0 Å². The predicted octanol–water partition coefficient (Wildman–Crippen LogP) is -0.406. The van der Waals surface area contributed by atoms with Gasteiger partial charge in [-0.05, 0) is 24.1 Å². The molecule has 1 aromatic rings. The van der Waals surface area contributed by atoms with Crippen LogP contribution in [0.4, 0.5) is 0 Å². The Labute approximate surface area is 115 Å². The van der Waals surface area contributed by atoms with E-state index in [2.05, 4.69) is 5.32 Å². The van der Waals surface area contributed by atoms with Crippen LogP contribution in [0.5, 0.6) is 0 Å². The van der Waals surface area contributed by atoms with Crippen molar-refractivity contribution in [2.75, 3.05) is 0 Å². The molecule has 0 aliphatic rings. The summed E-state index contributed by atoms with van der Waals surface area (Å²) >= 11 is 0. The quantitative estimate of drug-likeness (QED) is 0.538. The molecule has 7 nitrogen and oxygen atoms in total. The average Bonchev–Trinajstić information content (AvgIpc) is 2.42. The number of hydrogen-bond acceptors (Lipinski definition) is 4. The summed E-state index contributed by atoms with van der Waals surface area (Å²) in [5.74, 6) is -2.36. The van der Waals surface area contributed by atoms with Crippen LogP contribution in [-0.4, -0.2) is 28.9 Å². The van der Waals surface area contributed by atoms with E-state index in [1.165, 1.54) is 0 Å². The van der Waals surface area contributed by atoms with Gasteiger partial charge in [0.05, 0.1) is 0 Å². The Bertz CT molecular complexity index is 516. The molecule has 1 aromatic carbocycles. The molecule has 0 saturated carbocycles. The van der Waals surface area contributed by atoms with E-state index in [0.29, 0.717) is 5.56 Å². The number of aliphatic carboxylic acids is 1. The van der Waals surface area contributed by atoms with Crippen molar-refractivity contribution in [1.82, 2.24) is 5.32 Å². The molecule has 0 fully saturated rings. The minimum atomic E-state index is -1.21. The molecule has 1 atom stereocenters. The number of nitrogens with one attached hydrogen (secondary N) is 1. The van der Waals surface area contributed by atoms with Gasteiger partial charge < -0.3 is 21.9 Å². The molecule has 0 spiro atoms. The third kappa shape index (κ3) is 4.69. The first-order valence-electron chi connectivity index (χ1n) is 6.05. The van der Waals surface area contributed by atoms with Gasteiger partial charge in [0.25, 0.3) is 5.91 Å². The molecular formula is C13H17N3O4. The van der Waals surface area contributed by atoms with Crippen LogP contribution in [0.15, 0.2) is 24.3 Å². The van der Waals surface area contributed by atoms with Crippen molar-refractivity contribution < 1.29 is 19.5 Å². The van der Waals surface area contributed by atoms with E-state index in [0.717, 1.165) is 5.56 Å². The minimum Gasteiger partial charge on any atom is -0.480 e. The fourth-order valence-corrected chi connectivity index (χ4v) is 1.63. The van der Waals surface area contributed by atoms with Crippen molar-refractivity contribution in [2.45, 2.75) is 25.4 Å². The van der Waals surface area contributed by atoms with Crippen LogP contribution in [0.3, 0.4) is 0 Å². The van der Waals surface area contributed by atoms with Crippen molar-refractivity contribution >= 4 is 17.8 Å². The molecule has 7 heteroatoms. The molecule has 6 N–H and O–H groups in total. The highest BCUT2D eigenvalue weighted by Gasteiger charge is 2.21. The van der Waals surface area contributed by atoms with Crippen LogP contribution in [-0.2, 0) is 16.1 Å². The van der Waals surface area contributed by atoms with Gasteiger partial charge in [-0.2, -0.15) is 0 Å². The van der Waals surface area contributed by atoms with E-state index in [1.807, 2.05) is 0 Å².